The van der Waals surface area contributed by atoms with Gasteiger partial charge in [-0.3, -0.25) is 9.78 Å². The Balaban J connectivity index is 1.78. The molecule has 0 amide bonds. The molecule has 1 aliphatic heterocycles. The number of benzene rings is 2. The zero-order valence-electron chi connectivity index (χ0n) is 16.4. The average Bonchev–Trinajstić information content (AvgIpc) is 3.23. The number of H-pyrrole nitrogens is 1. The SMILES string of the molecule is COc1ccccc1C1CC(c2c(O)n(-c3ccccc3OC)c(=O)[nH]c2=O)=NN1. The monoisotopic (exact) mass is 408 g/mol. The molecule has 2 aromatic carbocycles. The van der Waals surface area contributed by atoms with E-state index in [2.05, 4.69) is 15.5 Å². The molecular formula is C21H20N4O5. The highest BCUT2D eigenvalue weighted by Crippen LogP contribution is 2.32. The lowest BCUT2D eigenvalue weighted by molar-refractivity contribution is 0.401. The Labute approximate surface area is 171 Å². The van der Waals surface area contributed by atoms with Gasteiger partial charge < -0.3 is 20.0 Å². The molecule has 0 aliphatic carbocycles. The van der Waals surface area contributed by atoms with Crippen LogP contribution in [0.2, 0.25) is 0 Å². The minimum Gasteiger partial charge on any atom is -0.496 e. The summed E-state index contributed by atoms with van der Waals surface area (Å²) >= 11 is 0. The summed E-state index contributed by atoms with van der Waals surface area (Å²) < 4.78 is 11.7. The van der Waals surface area contributed by atoms with Crippen molar-refractivity contribution in [2.24, 2.45) is 5.10 Å². The summed E-state index contributed by atoms with van der Waals surface area (Å²) in [5.41, 5.74) is 2.90. The first-order valence-corrected chi connectivity index (χ1v) is 9.22. The quantitative estimate of drug-likeness (QED) is 0.591. The molecule has 0 radical (unpaired) electrons. The Hall–Kier alpha value is -4.01. The van der Waals surface area contributed by atoms with Gasteiger partial charge in [-0.05, 0) is 18.2 Å². The Morgan fingerprint density at radius 1 is 1.03 bits per heavy atom. The molecule has 30 heavy (non-hydrogen) atoms. The number of aromatic nitrogens is 2. The first kappa shape index (κ1) is 19.3. The van der Waals surface area contributed by atoms with Gasteiger partial charge >= 0.3 is 5.69 Å². The van der Waals surface area contributed by atoms with Crippen LogP contribution in [0.4, 0.5) is 0 Å². The molecule has 1 aromatic heterocycles. The molecule has 1 aliphatic rings. The summed E-state index contributed by atoms with van der Waals surface area (Å²) in [6, 6.07) is 13.9. The molecule has 1 atom stereocenters. The summed E-state index contributed by atoms with van der Waals surface area (Å²) in [7, 11) is 3.03. The molecule has 0 saturated carbocycles. The van der Waals surface area contributed by atoms with Crippen molar-refractivity contribution < 1.29 is 14.6 Å². The summed E-state index contributed by atoms with van der Waals surface area (Å²) in [6.07, 6.45) is 0.321. The van der Waals surface area contributed by atoms with Gasteiger partial charge in [0.25, 0.3) is 5.56 Å². The van der Waals surface area contributed by atoms with Crippen molar-refractivity contribution in [1.29, 1.82) is 0 Å². The maximum absolute atomic E-state index is 12.6. The second kappa shape index (κ2) is 7.78. The van der Waals surface area contributed by atoms with E-state index in [9.17, 15) is 14.7 Å². The van der Waals surface area contributed by atoms with Crippen molar-refractivity contribution in [3.05, 3.63) is 80.5 Å². The second-order valence-electron chi connectivity index (χ2n) is 6.65. The Morgan fingerprint density at radius 2 is 1.70 bits per heavy atom. The number of hydrogen-bond acceptors (Lipinski definition) is 7. The van der Waals surface area contributed by atoms with Crippen LogP contribution in [-0.4, -0.2) is 34.6 Å². The third kappa shape index (κ3) is 3.20. The normalized spacial score (nSPS) is 15.4. The Morgan fingerprint density at radius 3 is 2.43 bits per heavy atom. The zero-order chi connectivity index (χ0) is 21.3. The van der Waals surface area contributed by atoms with Crippen LogP contribution in [0.1, 0.15) is 23.6 Å². The molecule has 0 spiro atoms. The minimum atomic E-state index is -0.779. The summed E-state index contributed by atoms with van der Waals surface area (Å²) in [4.78, 5) is 27.3. The van der Waals surface area contributed by atoms with E-state index in [1.165, 1.54) is 7.11 Å². The van der Waals surface area contributed by atoms with Crippen LogP contribution >= 0.6 is 0 Å². The molecular weight excluding hydrogens is 388 g/mol. The second-order valence-corrected chi connectivity index (χ2v) is 6.65. The van der Waals surface area contributed by atoms with Gasteiger partial charge in [-0.2, -0.15) is 5.10 Å². The fourth-order valence-electron chi connectivity index (χ4n) is 3.56. The van der Waals surface area contributed by atoms with Crippen LogP contribution < -0.4 is 26.1 Å². The standard InChI is InChI=1S/C21H20N4O5/c1-29-16-9-5-3-7-12(16)13-11-14(24-23-13)18-19(26)22-21(28)25(20(18)27)15-8-4-6-10-17(15)30-2/h3-10,13,23,27H,11H2,1-2H3,(H,22,26,28). The highest BCUT2D eigenvalue weighted by Gasteiger charge is 2.29. The number of aromatic hydroxyl groups is 1. The van der Waals surface area contributed by atoms with Gasteiger partial charge in [-0.25, -0.2) is 9.36 Å². The Bertz CT molecular complexity index is 1240. The van der Waals surface area contributed by atoms with E-state index in [0.29, 0.717) is 29.3 Å². The van der Waals surface area contributed by atoms with Crippen molar-refractivity contribution >= 4 is 5.71 Å². The van der Waals surface area contributed by atoms with E-state index in [-0.39, 0.29) is 11.6 Å². The predicted molar refractivity (Wildman–Crippen MR) is 111 cm³/mol. The maximum Gasteiger partial charge on any atom is 0.335 e. The van der Waals surface area contributed by atoms with E-state index in [1.807, 2.05) is 24.3 Å². The van der Waals surface area contributed by atoms with E-state index >= 15 is 0 Å². The fraction of sp³-hybridized carbons (Fsp3) is 0.190. The summed E-state index contributed by atoms with van der Waals surface area (Å²) in [5, 5.41) is 15.1. The largest absolute Gasteiger partial charge is 0.496 e. The van der Waals surface area contributed by atoms with Crippen LogP contribution in [0, 0.1) is 0 Å². The van der Waals surface area contributed by atoms with E-state index in [4.69, 9.17) is 9.47 Å². The van der Waals surface area contributed by atoms with Crippen molar-refractivity contribution in [3.63, 3.8) is 0 Å². The number of hydrogen-bond donors (Lipinski definition) is 3. The molecule has 3 N–H and O–H groups in total. The maximum atomic E-state index is 12.6. The third-order valence-corrected chi connectivity index (χ3v) is 4.97. The van der Waals surface area contributed by atoms with Crippen molar-refractivity contribution in [1.82, 2.24) is 15.0 Å². The number of para-hydroxylation sites is 3. The van der Waals surface area contributed by atoms with Gasteiger partial charge in [-0.15, -0.1) is 0 Å². The molecule has 1 unspecified atom stereocenters. The number of nitrogens with one attached hydrogen (secondary N) is 2. The number of nitrogens with zero attached hydrogens (tertiary/aromatic N) is 2. The van der Waals surface area contributed by atoms with Crippen molar-refractivity contribution in [2.45, 2.75) is 12.5 Å². The van der Waals surface area contributed by atoms with Crippen LogP contribution in [0.15, 0.2) is 63.2 Å². The third-order valence-electron chi connectivity index (χ3n) is 4.97. The van der Waals surface area contributed by atoms with Gasteiger partial charge in [0.15, 0.2) is 0 Å². The lowest BCUT2D eigenvalue weighted by Crippen LogP contribution is -2.33. The average molecular weight is 408 g/mol. The van der Waals surface area contributed by atoms with Crippen LogP contribution in [-0.2, 0) is 0 Å². The first-order chi connectivity index (χ1) is 14.5. The molecule has 154 valence electrons. The highest BCUT2D eigenvalue weighted by molar-refractivity contribution is 6.03. The van der Waals surface area contributed by atoms with Gasteiger partial charge in [0.2, 0.25) is 5.88 Å². The molecule has 9 heteroatoms. The van der Waals surface area contributed by atoms with Crippen LogP contribution in [0.5, 0.6) is 17.4 Å². The highest BCUT2D eigenvalue weighted by atomic mass is 16.5. The van der Waals surface area contributed by atoms with E-state index in [0.717, 1.165) is 10.1 Å². The van der Waals surface area contributed by atoms with Crippen LogP contribution in [0.25, 0.3) is 5.69 Å². The summed E-state index contributed by atoms with van der Waals surface area (Å²) in [6.45, 7) is 0. The molecule has 0 fully saturated rings. The smallest absolute Gasteiger partial charge is 0.335 e. The molecule has 4 rings (SSSR count). The summed E-state index contributed by atoms with van der Waals surface area (Å²) in [5.74, 6) is 0.546. The minimum absolute atomic E-state index is 0.0783. The van der Waals surface area contributed by atoms with E-state index < -0.39 is 17.1 Å². The topological polar surface area (TPSA) is 118 Å². The zero-order valence-corrected chi connectivity index (χ0v) is 16.4. The van der Waals surface area contributed by atoms with Crippen molar-refractivity contribution in [2.75, 3.05) is 14.2 Å². The number of rotatable bonds is 5. The Kier molecular flexibility index (Phi) is 5.01. The molecule has 0 saturated heterocycles. The number of hydrazone groups is 1. The lowest BCUT2D eigenvalue weighted by atomic mass is 9.99. The number of ether oxygens (including phenoxy) is 2. The van der Waals surface area contributed by atoms with Crippen LogP contribution in [0.3, 0.4) is 0 Å². The predicted octanol–water partition coefficient (Wildman–Crippen LogP) is 1.69. The molecule has 3 aromatic rings. The lowest BCUT2D eigenvalue weighted by Gasteiger charge is -2.15. The fourth-order valence-corrected chi connectivity index (χ4v) is 3.56. The number of aromatic amines is 1. The van der Waals surface area contributed by atoms with Gasteiger partial charge in [-0.1, -0.05) is 30.3 Å². The first-order valence-electron chi connectivity index (χ1n) is 9.22. The van der Waals surface area contributed by atoms with Gasteiger partial charge in [0.05, 0.1) is 31.7 Å². The van der Waals surface area contributed by atoms with Gasteiger partial charge in [0, 0.05) is 12.0 Å². The van der Waals surface area contributed by atoms with E-state index in [1.54, 1.807) is 31.4 Å². The molecule has 0 bridgehead atoms. The van der Waals surface area contributed by atoms with Gasteiger partial charge in [0.1, 0.15) is 17.1 Å². The number of methoxy groups -OCH3 is 2. The molecule has 9 nitrogen and oxygen atoms in total. The van der Waals surface area contributed by atoms with Crippen molar-refractivity contribution in [3.8, 4) is 23.1 Å². The molecule has 2 heterocycles.